The van der Waals surface area contributed by atoms with Gasteiger partial charge in [0.25, 0.3) is 0 Å². The summed E-state index contributed by atoms with van der Waals surface area (Å²) < 4.78 is 40.9. The lowest BCUT2D eigenvalue weighted by molar-refractivity contribution is -0.274. The molecule has 1 atom stereocenters. The maximum Gasteiger partial charge on any atom is 0.573 e. The van der Waals surface area contributed by atoms with Gasteiger partial charge >= 0.3 is 6.36 Å². The molecule has 108 valence electrons. The van der Waals surface area contributed by atoms with Crippen LogP contribution in [0.3, 0.4) is 0 Å². The predicted octanol–water partition coefficient (Wildman–Crippen LogP) is 4.57. The van der Waals surface area contributed by atoms with E-state index in [1.807, 2.05) is 0 Å². The molecular weight excluding hydrogens is 346 g/mol. The summed E-state index contributed by atoms with van der Waals surface area (Å²) in [6.45, 7) is 0. The zero-order valence-corrected chi connectivity index (χ0v) is 12.3. The molecule has 1 aliphatic rings. The average molecular weight is 361 g/mol. The van der Waals surface area contributed by atoms with E-state index in [0.717, 1.165) is 19.3 Å². The number of hydrogen-bond acceptors (Lipinski definition) is 2. The van der Waals surface area contributed by atoms with Crippen LogP contribution in [0.2, 0.25) is 0 Å². The van der Waals surface area contributed by atoms with Crippen molar-refractivity contribution in [1.82, 2.24) is 0 Å². The summed E-state index contributed by atoms with van der Waals surface area (Å²) in [6, 6.07) is 4.12. The van der Waals surface area contributed by atoms with Crippen LogP contribution >= 0.6 is 28.3 Å². The van der Waals surface area contributed by atoms with E-state index in [0.29, 0.717) is 16.0 Å². The van der Waals surface area contributed by atoms with Crippen LogP contribution in [0.5, 0.6) is 5.75 Å². The first-order valence-corrected chi connectivity index (χ1v) is 6.44. The van der Waals surface area contributed by atoms with E-state index in [-0.39, 0.29) is 24.2 Å². The van der Waals surface area contributed by atoms with Crippen LogP contribution in [0.25, 0.3) is 0 Å². The molecule has 0 heterocycles. The third kappa shape index (κ3) is 5.58. The smallest absolute Gasteiger partial charge is 0.406 e. The van der Waals surface area contributed by atoms with Gasteiger partial charge in [-0.15, -0.1) is 25.6 Å². The highest BCUT2D eigenvalue weighted by molar-refractivity contribution is 9.10. The van der Waals surface area contributed by atoms with E-state index >= 15 is 0 Å². The van der Waals surface area contributed by atoms with Gasteiger partial charge in [0.05, 0.1) is 0 Å². The van der Waals surface area contributed by atoms with Crippen molar-refractivity contribution in [1.29, 1.82) is 0 Å². The minimum atomic E-state index is -4.68. The highest BCUT2D eigenvalue weighted by Gasteiger charge is 2.31. The van der Waals surface area contributed by atoms with Crippen LogP contribution in [-0.2, 0) is 0 Å². The number of hydrogen-bond donors (Lipinski definition) is 1. The van der Waals surface area contributed by atoms with Crippen molar-refractivity contribution in [3.05, 3.63) is 28.2 Å². The van der Waals surface area contributed by atoms with Crippen LogP contribution in [0, 0.1) is 5.92 Å². The Bertz CT molecular complexity index is 437. The van der Waals surface area contributed by atoms with Crippen molar-refractivity contribution in [2.45, 2.75) is 31.7 Å². The molecule has 1 fully saturated rings. The van der Waals surface area contributed by atoms with Gasteiger partial charge in [-0.05, 0) is 36.1 Å². The molecule has 1 saturated carbocycles. The van der Waals surface area contributed by atoms with Gasteiger partial charge in [-0.25, -0.2) is 0 Å². The van der Waals surface area contributed by atoms with E-state index in [2.05, 4.69) is 20.7 Å². The van der Waals surface area contributed by atoms with E-state index in [9.17, 15) is 13.2 Å². The molecule has 2 nitrogen and oxygen atoms in total. The minimum absolute atomic E-state index is 0. The first-order valence-electron chi connectivity index (χ1n) is 5.65. The summed E-state index contributed by atoms with van der Waals surface area (Å²) in [6.07, 6.45) is -1.55. The number of halogens is 5. The second kappa shape index (κ2) is 6.33. The number of nitrogens with two attached hydrogens (primary N) is 1. The van der Waals surface area contributed by atoms with Gasteiger partial charge in [0, 0.05) is 10.5 Å². The fourth-order valence-electron chi connectivity index (χ4n) is 1.84. The lowest BCUT2D eigenvalue weighted by Gasteiger charge is -2.15. The molecule has 1 aromatic carbocycles. The number of benzene rings is 1. The molecule has 2 N–H and O–H groups in total. The average Bonchev–Trinajstić information content (AvgIpc) is 2.97. The molecular formula is C12H14BrClF3NO. The van der Waals surface area contributed by atoms with Gasteiger partial charge in [-0.2, -0.15) is 0 Å². The summed E-state index contributed by atoms with van der Waals surface area (Å²) in [4.78, 5) is 0. The first kappa shape index (κ1) is 16.6. The lowest BCUT2D eigenvalue weighted by atomic mass is 10.0. The number of alkyl halides is 3. The van der Waals surface area contributed by atoms with Crippen LogP contribution in [0.15, 0.2) is 22.7 Å². The molecule has 2 rings (SSSR count). The van der Waals surface area contributed by atoms with E-state index in [1.165, 1.54) is 12.1 Å². The molecule has 0 aliphatic heterocycles. The normalized spacial score (nSPS) is 16.7. The molecule has 0 aromatic heterocycles. The molecule has 0 amide bonds. The van der Waals surface area contributed by atoms with Crippen molar-refractivity contribution in [3.63, 3.8) is 0 Å². The lowest BCUT2D eigenvalue weighted by Crippen LogP contribution is -2.18. The van der Waals surface area contributed by atoms with Crippen LogP contribution in [0.4, 0.5) is 13.2 Å². The predicted molar refractivity (Wildman–Crippen MR) is 72.3 cm³/mol. The molecule has 0 bridgehead atoms. The van der Waals surface area contributed by atoms with Crippen LogP contribution in [-0.4, -0.2) is 6.36 Å². The maximum atomic E-state index is 12.2. The molecule has 0 unspecified atom stereocenters. The molecule has 0 spiro atoms. The Hall–Kier alpha value is -0.460. The number of rotatable bonds is 4. The van der Waals surface area contributed by atoms with Gasteiger partial charge in [-0.1, -0.05) is 28.8 Å². The molecule has 0 saturated heterocycles. The summed E-state index contributed by atoms with van der Waals surface area (Å²) in [5, 5.41) is 0. The molecule has 19 heavy (non-hydrogen) atoms. The number of ether oxygens (including phenoxy) is 1. The van der Waals surface area contributed by atoms with Gasteiger partial charge < -0.3 is 10.5 Å². The summed E-state index contributed by atoms with van der Waals surface area (Å²) in [5.41, 5.74) is 6.64. The highest BCUT2D eigenvalue weighted by atomic mass is 79.9. The Morgan fingerprint density at radius 2 is 1.95 bits per heavy atom. The van der Waals surface area contributed by atoms with Gasteiger partial charge in [0.2, 0.25) is 0 Å². The van der Waals surface area contributed by atoms with Crippen molar-refractivity contribution in [2.75, 3.05) is 0 Å². The molecule has 0 radical (unpaired) electrons. The zero-order chi connectivity index (χ0) is 13.3. The fraction of sp³-hybridized carbons (Fsp3) is 0.500. The quantitative estimate of drug-likeness (QED) is 0.853. The summed E-state index contributed by atoms with van der Waals surface area (Å²) in [7, 11) is 0. The second-order valence-corrected chi connectivity index (χ2v) is 5.47. The Morgan fingerprint density at radius 3 is 2.47 bits per heavy atom. The van der Waals surface area contributed by atoms with Crippen LogP contribution < -0.4 is 10.5 Å². The summed E-state index contributed by atoms with van der Waals surface area (Å²) >= 11 is 3.17. The Balaban J connectivity index is 0.00000180. The van der Waals surface area contributed by atoms with Crippen molar-refractivity contribution in [2.24, 2.45) is 11.7 Å². The molecule has 7 heteroatoms. The molecule has 1 aliphatic carbocycles. The topological polar surface area (TPSA) is 35.2 Å². The third-order valence-electron chi connectivity index (χ3n) is 2.84. The zero-order valence-electron chi connectivity index (χ0n) is 9.91. The van der Waals surface area contributed by atoms with Gasteiger partial charge in [0.1, 0.15) is 5.75 Å². The maximum absolute atomic E-state index is 12.2. The van der Waals surface area contributed by atoms with Crippen molar-refractivity contribution in [3.8, 4) is 5.75 Å². The van der Waals surface area contributed by atoms with Gasteiger partial charge in [-0.3, -0.25) is 0 Å². The van der Waals surface area contributed by atoms with Crippen molar-refractivity contribution < 1.29 is 17.9 Å². The highest BCUT2D eigenvalue weighted by Crippen LogP contribution is 2.38. The molecule has 1 aromatic rings. The van der Waals surface area contributed by atoms with Crippen LogP contribution in [0.1, 0.15) is 30.9 Å². The standard InChI is InChI=1S/C12H13BrF3NO.ClH/c13-9-4-8(11(17)3-7-1-2-7)5-10(6-9)18-12(14,15)16;/h4-7,11H,1-3,17H2;1H/t11-;/m0./s1. The van der Waals surface area contributed by atoms with E-state index < -0.39 is 6.36 Å². The van der Waals surface area contributed by atoms with Gasteiger partial charge in [0.15, 0.2) is 0 Å². The Kier molecular flexibility index (Phi) is 5.53. The van der Waals surface area contributed by atoms with E-state index in [4.69, 9.17) is 5.73 Å². The van der Waals surface area contributed by atoms with E-state index in [1.54, 1.807) is 6.07 Å². The second-order valence-electron chi connectivity index (χ2n) is 4.55. The van der Waals surface area contributed by atoms with Crippen molar-refractivity contribution >= 4 is 28.3 Å². The summed E-state index contributed by atoms with van der Waals surface area (Å²) in [5.74, 6) is 0.379. The third-order valence-corrected chi connectivity index (χ3v) is 3.30. The fourth-order valence-corrected chi connectivity index (χ4v) is 2.33. The largest absolute Gasteiger partial charge is 0.573 e. The monoisotopic (exact) mass is 359 g/mol. The SMILES string of the molecule is Cl.N[C@@H](CC1CC1)c1cc(Br)cc(OC(F)(F)F)c1. The minimum Gasteiger partial charge on any atom is -0.406 e. The first-order chi connectivity index (χ1) is 8.33. The Morgan fingerprint density at radius 1 is 1.32 bits per heavy atom. The Labute approximate surface area is 124 Å².